The zero-order chi connectivity index (χ0) is 19.5. The Bertz CT molecular complexity index is 834. The molecule has 1 atom stereocenters. The number of hydrogen-bond donors (Lipinski definition) is 1. The van der Waals surface area contributed by atoms with Gasteiger partial charge in [0.2, 0.25) is 0 Å². The normalized spacial score (nSPS) is 21.9. The van der Waals surface area contributed by atoms with E-state index in [2.05, 4.69) is 31.7 Å². The van der Waals surface area contributed by atoms with Crippen molar-refractivity contribution in [1.82, 2.24) is 24.8 Å². The molecule has 8 nitrogen and oxygen atoms in total. The monoisotopic (exact) mass is 383 g/mol. The van der Waals surface area contributed by atoms with Gasteiger partial charge in [0, 0.05) is 45.7 Å². The second kappa shape index (κ2) is 8.36. The number of pyridine rings is 1. The number of nitrogens with zero attached hydrogens (tertiary/aromatic N) is 6. The molecule has 2 aliphatic heterocycles. The number of nitrogen functional groups attached to an aromatic ring is 1. The van der Waals surface area contributed by atoms with Gasteiger partial charge in [0.25, 0.3) is 0 Å². The van der Waals surface area contributed by atoms with Crippen LogP contribution in [0.25, 0.3) is 11.0 Å². The van der Waals surface area contributed by atoms with E-state index in [1.165, 1.54) is 6.33 Å². The van der Waals surface area contributed by atoms with Crippen LogP contribution in [-0.2, 0) is 4.79 Å². The summed E-state index contributed by atoms with van der Waals surface area (Å²) < 4.78 is 0. The lowest BCUT2D eigenvalue weighted by atomic mass is 9.92. The summed E-state index contributed by atoms with van der Waals surface area (Å²) in [7, 11) is 2.14. The molecule has 8 heteroatoms. The van der Waals surface area contributed by atoms with Crippen LogP contribution < -0.4 is 10.6 Å². The number of likely N-dealkylation sites (N-methyl/N-ethyl adjacent to an activating group) is 1. The third-order valence-corrected chi connectivity index (χ3v) is 5.85. The van der Waals surface area contributed by atoms with Gasteiger partial charge < -0.3 is 15.5 Å². The molecule has 150 valence electrons. The summed E-state index contributed by atoms with van der Waals surface area (Å²) in [5, 5.41) is 0. The number of carbonyl (C=O) groups excluding carboxylic acids is 1. The van der Waals surface area contributed by atoms with Crippen molar-refractivity contribution in [3.05, 3.63) is 18.5 Å². The second-order valence-corrected chi connectivity index (χ2v) is 8.07. The Kier molecular flexibility index (Phi) is 5.68. The summed E-state index contributed by atoms with van der Waals surface area (Å²) in [6, 6.07) is 3.93. The van der Waals surface area contributed by atoms with Crippen LogP contribution in [-0.4, -0.2) is 83.4 Å². The predicted molar refractivity (Wildman–Crippen MR) is 110 cm³/mol. The minimum Gasteiger partial charge on any atom is -0.382 e. The maximum atomic E-state index is 12.6. The maximum absolute atomic E-state index is 12.6. The highest BCUT2D eigenvalue weighted by Gasteiger charge is 2.25. The first-order valence-corrected chi connectivity index (χ1v) is 10.1. The van der Waals surface area contributed by atoms with Gasteiger partial charge in [-0.05, 0) is 37.9 Å². The SMILES string of the molecule is CN1CCN(CC(=O)C[C@H]2CCCN(c3ccc4ncnc(N)c4n3)C2)CC1. The average molecular weight is 384 g/mol. The van der Waals surface area contributed by atoms with Crippen LogP contribution in [0.3, 0.4) is 0 Å². The Morgan fingerprint density at radius 2 is 2.00 bits per heavy atom. The van der Waals surface area contributed by atoms with E-state index in [1.54, 1.807) is 0 Å². The molecule has 0 aromatic carbocycles. The molecule has 0 bridgehead atoms. The van der Waals surface area contributed by atoms with Crippen LogP contribution in [0, 0.1) is 5.92 Å². The molecule has 0 spiro atoms. The number of piperazine rings is 1. The summed E-state index contributed by atoms with van der Waals surface area (Å²) in [5.41, 5.74) is 7.36. The van der Waals surface area contributed by atoms with Crippen molar-refractivity contribution in [1.29, 1.82) is 0 Å². The number of fused-ring (bicyclic) bond motifs is 1. The standard InChI is InChI=1S/C20H29N7O/c1-25-7-9-26(10-8-25)13-16(28)11-15-3-2-6-27(12-15)18-5-4-17-19(24-18)20(21)23-14-22-17/h4-5,14-15H,2-3,6-13H2,1H3,(H2,21,22,23)/t15-/m1/s1. The molecule has 4 heterocycles. The van der Waals surface area contributed by atoms with Crippen LogP contribution in [0.1, 0.15) is 19.3 Å². The lowest BCUT2D eigenvalue weighted by Gasteiger charge is -2.34. The van der Waals surface area contributed by atoms with Crippen LogP contribution in [0.2, 0.25) is 0 Å². The molecular weight excluding hydrogens is 354 g/mol. The molecule has 0 radical (unpaired) electrons. The number of piperidine rings is 1. The molecule has 0 unspecified atom stereocenters. The minimum absolute atomic E-state index is 0.362. The summed E-state index contributed by atoms with van der Waals surface area (Å²) in [6.45, 7) is 6.48. The highest BCUT2D eigenvalue weighted by atomic mass is 16.1. The zero-order valence-corrected chi connectivity index (χ0v) is 16.5. The number of anilines is 2. The van der Waals surface area contributed by atoms with Crippen LogP contribution in [0.4, 0.5) is 11.6 Å². The molecule has 28 heavy (non-hydrogen) atoms. The molecule has 2 aliphatic rings. The third-order valence-electron chi connectivity index (χ3n) is 5.85. The quantitative estimate of drug-likeness (QED) is 0.819. The number of Topliss-reactive ketones (excluding diaryl/α,β-unsaturated/α-hetero) is 1. The van der Waals surface area contributed by atoms with Gasteiger partial charge in [0.15, 0.2) is 5.82 Å². The van der Waals surface area contributed by atoms with Crippen molar-refractivity contribution in [3.63, 3.8) is 0 Å². The topological polar surface area (TPSA) is 91.5 Å². The number of nitrogens with two attached hydrogens (primary N) is 1. The maximum Gasteiger partial charge on any atom is 0.153 e. The van der Waals surface area contributed by atoms with Gasteiger partial charge >= 0.3 is 0 Å². The minimum atomic E-state index is 0.362. The molecule has 2 aromatic heterocycles. The zero-order valence-electron chi connectivity index (χ0n) is 16.5. The lowest BCUT2D eigenvalue weighted by Crippen LogP contribution is -2.46. The molecule has 4 rings (SSSR count). The Labute approximate surface area is 165 Å². The molecule has 0 saturated carbocycles. The number of rotatable bonds is 5. The van der Waals surface area contributed by atoms with Gasteiger partial charge in [-0.3, -0.25) is 9.69 Å². The van der Waals surface area contributed by atoms with E-state index in [0.717, 1.165) is 63.4 Å². The summed E-state index contributed by atoms with van der Waals surface area (Å²) in [4.78, 5) is 32.4. The fraction of sp³-hybridized carbons (Fsp3) is 0.600. The second-order valence-electron chi connectivity index (χ2n) is 8.07. The molecule has 2 saturated heterocycles. The molecule has 2 aromatic rings. The fourth-order valence-electron chi connectivity index (χ4n) is 4.21. The first kappa shape index (κ1) is 19.0. The van der Waals surface area contributed by atoms with Crippen molar-refractivity contribution in [3.8, 4) is 0 Å². The predicted octanol–water partition coefficient (Wildman–Crippen LogP) is 1.03. The van der Waals surface area contributed by atoms with Gasteiger partial charge in [-0.1, -0.05) is 0 Å². The van der Waals surface area contributed by atoms with E-state index in [-0.39, 0.29) is 0 Å². The first-order chi connectivity index (χ1) is 13.6. The van der Waals surface area contributed by atoms with Gasteiger partial charge in [-0.2, -0.15) is 0 Å². The molecule has 0 aliphatic carbocycles. The number of ketones is 1. The van der Waals surface area contributed by atoms with Crippen LogP contribution in [0.15, 0.2) is 18.5 Å². The highest BCUT2D eigenvalue weighted by molar-refractivity contribution is 5.85. The summed E-state index contributed by atoms with van der Waals surface area (Å²) in [5.74, 6) is 2.05. The van der Waals surface area contributed by atoms with Crippen molar-refractivity contribution < 1.29 is 4.79 Å². The van der Waals surface area contributed by atoms with Gasteiger partial charge in [0.1, 0.15) is 23.4 Å². The lowest BCUT2D eigenvalue weighted by molar-refractivity contribution is -0.121. The highest BCUT2D eigenvalue weighted by Crippen LogP contribution is 2.26. The third kappa shape index (κ3) is 4.39. The number of hydrogen-bond acceptors (Lipinski definition) is 8. The van der Waals surface area contributed by atoms with Crippen LogP contribution in [0.5, 0.6) is 0 Å². The summed E-state index contributed by atoms with van der Waals surface area (Å²) in [6.07, 6.45) is 4.29. The Morgan fingerprint density at radius 3 is 2.82 bits per heavy atom. The fourth-order valence-corrected chi connectivity index (χ4v) is 4.21. The first-order valence-electron chi connectivity index (χ1n) is 10.1. The van der Waals surface area contributed by atoms with Crippen molar-refractivity contribution in [2.45, 2.75) is 19.3 Å². The smallest absolute Gasteiger partial charge is 0.153 e. The summed E-state index contributed by atoms with van der Waals surface area (Å²) >= 11 is 0. The average Bonchev–Trinajstić information content (AvgIpc) is 2.70. The van der Waals surface area contributed by atoms with E-state index in [9.17, 15) is 4.79 Å². The van der Waals surface area contributed by atoms with Gasteiger partial charge in [0.05, 0.1) is 12.1 Å². The Balaban J connectivity index is 1.36. The van der Waals surface area contributed by atoms with Crippen molar-refractivity contribution in [2.24, 2.45) is 5.92 Å². The van der Waals surface area contributed by atoms with E-state index in [4.69, 9.17) is 10.7 Å². The van der Waals surface area contributed by atoms with Gasteiger partial charge in [-0.15, -0.1) is 0 Å². The number of carbonyl (C=O) groups is 1. The van der Waals surface area contributed by atoms with Gasteiger partial charge in [-0.25, -0.2) is 15.0 Å². The largest absolute Gasteiger partial charge is 0.382 e. The van der Waals surface area contributed by atoms with E-state index in [0.29, 0.717) is 36.0 Å². The molecule has 0 amide bonds. The molecule has 2 N–H and O–H groups in total. The van der Waals surface area contributed by atoms with Crippen LogP contribution >= 0.6 is 0 Å². The van der Waals surface area contributed by atoms with E-state index >= 15 is 0 Å². The van der Waals surface area contributed by atoms with Crippen molar-refractivity contribution >= 4 is 28.5 Å². The molecular formula is C20H29N7O. The van der Waals surface area contributed by atoms with E-state index < -0.39 is 0 Å². The number of aromatic nitrogens is 3. The Morgan fingerprint density at radius 1 is 1.18 bits per heavy atom. The van der Waals surface area contributed by atoms with E-state index in [1.807, 2.05) is 12.1 Å². The molecule has 2 fully saturated rings. The van der Waals surface area contributed by atoms with Crippen molar-refractivity contribution in [2.75, 3.05) is 63.5 Å². The Hall–Kier alpha value is -2.32.